The predicted octanol–water partition coefficient (Wildman–Crippen LogP) is 4.39. The Labute approximate surface area is 249 Å². The molecule has 1 aliphatic carbocycles. The maximum atomic E-state index is 14.4. The van der Waals surface area contributed by atoms with Crippen LogP contribution in [0.5, 0.6) is 0 Å². The van der Waals surface area contributed by atoms with Crippen molar-refractivity contribution < 1.29 is 23.1 Å². The molecule has 1 amide bonds. The number of nitrogens with zero attached hydrogens (tertiary/aromatic N) is 7. The first-order chi connectivity index (χ1) is 21.2. The number of carbonyl (C=O) groups is 2. The Bertz CT molecular complexity index is 1890. The number of Topliss-reactive ketones (excluding diaryl/α,β-unsaturated/α-hetero) is 1. The van der Waals surface area contributed by atoms with Crippen molar-refractivity contribution in [1.29, 1.82) is 0 Å². The number of aromatic nitrogens is 6. The van der Waals surface area contributed by atoms with Gasteiger partial charge in [-0.25, -0.2) is 18.6 Å². The third kappa shape index (κ3) is 5.73. The fourth-order valence-corrected chi connectivity index (χ4v) is 4.92. The molecule has 0 aliphatic heterocycles. The van der Waals surface area contributed by atoms with Crippen molar-refractivity contribution in [3.05, 3.63) is 89.0 Å². The van der Waals surface area contributed by atoms with Crippen LogP contribution in [0.25, 0.3) is 17.0 Å². The minimum absolute atomic E-state index is 0.0318. The molecule has 12 nitrogen and oxygen atoms in total. The van der Waals surface area contributed by atoms with Gasteiger partial charge >= 0.3 is 6.09 Å². The van der Waals surface area contributed by atoms with Crippen LogP contribution in [0.4, 0.5) is 30.9 Å². The number of benzene rings is 1. The molecule has 0 radical (unpaired) electrons. The molecule has 14 heteroatoms. The average Bonchev–Trinajstić information content (AvgIpc) is 3.76. The number of pyridine rings is 2. The Hall–Kier alpha value is -5.53. The van der Waals surface area contributed by atoms with Gasteiger partial charge in [0.05, 0.1) is 31.1 Å². The number of rotatable bonds is 9. The quantitative estimate of drug-likeness (QED) is 0.232. The van der Waals surface area contributed by atoms with Gasteiger partial charge in [0.25, 0.3) is 5.95 Å². The maximum absolute atomic E-state index is 14.4. The number of carbonyl (C=O) groups excluding carboxylic acids is 2. The molecule has 0 bridgehead atoms. The molecule has 6 rings (SSSR count). The lowest BCUT2D eigenvalue weighted by molar-refractivity contribution is 0.0971. The molecule has 5 aromatic rings. The molecule has 4 N–H and O–H groups in total. The van der Waals surface area contributed by atoms with E-state index in [0.717, 1.165) is 23.9 Å². The lowest BCUT2D eigenvalue weighted by Gasteiger charge is -2.23. The van der Waals surface area contributed by atoms with Crippen LogP contribution in [0, 0.1) is 17.6 Å². The number of ether oxygens (including phenoxy) is 1. The van der Waals surface area contributed by atoms with Crippen molar-refractivity contribution in [1.82, 2.24) is 29.7 Å². The van der Waals surface area contributed by atoms with Crippen molar-refractivity contribution >= 4 is 40.2 Å². The summed E-state index contributed by atoms with van der Waals surface area (Å²) in [6.45, 7) is -0.0807. The lowest BCUT2D eigenvalue weighted by atomic mass is 10.1. The second-order valence-corrected chi connectivity index (χ2v) is 10.5. The normalized spacial score (nSPS) is 12.8. The smallest absolute Gasteiger partial charge is 0.414 e. The highest BCUT2D eigenvalue weighted by molar-refractivity contribution is 5.96. The summed E-state index contributed by atoms with van der Waals surface area (Å²) in [5, 5.41) is 4.50. The zero-order chi connectivity index (χ0) is 31.0. The van der Waals surface area contributed by atoms with E-state index in [1.165, 1.54) is 30.1 Å². The number of nitrogens with two attached hydrogens (primary N) is 2. The standard InChI is InChI=1S/C30H27F2N9O3/c1-44-30(43)40(15-17-8-9-35-21(10-17)24(42)11-16-6-7-16)26-27(33)37-29(38-28(26)34)41-23-13-19(31)14-36-25(23)22(39-41)12-18-4-2-3-5-20(18)32/h2-5,8-10,13-14,16H,6-7,11-12,15H2,1H3,(H4,33,34,37,38). The molecule has 0 atom stereocenters. The van der Waals surface area contributed by atoms with E-state index in [1.54, 1.807) is 30.3 Å². The minimum atomic E-state index is -0.801. The maximum Gasteiger partial charge on any atom is 0.414 e. The summed E-state index contributed by atoms with van der Waals surface area (Å²) in [6.07, 6.45) is 4.27. The molecule has 0 unspecified atom stereocenters. The molecule has 1 aromatic carbocycles. The summed E-state index contributed by atoms with van der Waals surface area (Å²) in [7, 11) is 1.20. The van der Waals surface area contributed by atoms with Gasteiger partial charge in [-0.1, -0.05) is 18.2 Å². The predicted molar refractivity (Wildman–Crippen MR) is 157 cm³/mol. The summed E-state index contributed by atoms with van der Waals surface area (Å²) in [6, 6.07) is 10.7. The highest BCUT2D eigenvalue weighted by atomic mass is 19.1. The van der Waals surface area contributed by atoms with Crippen molar-refractivity contribution in [3.8, 4) is 5.95 Å². The van der Waals surface area contributed by atoms with E-state index in [1.807, 2.05) is 0 Å². The second-order valence-electron chi connectivity index (χ2n) is 10.5. The summed E-state index contributed by atoms with van der Waals surface area (Å²) >= 11 is 0. The van der Waals surface area contributed by atoms with E-state index >= 15 is 0 Å². The molecule has 4 heterocycles. The zero-order valence-electron chi connectivity index (χ0n) is 23.6. The first-order valence-electron chi connectivity index (χ1n) is 13.7. The monoisotopic (exact) mass is 599 g/mol. The molecule has 224 valence electrons. The summed E-state index contributed by atoms with van der Waals surface area (Å²) < 4.78 is 34.9. The first-order valence-corrected chi connectivity index (χ1v) is 13.7. The van der Waals surface area contributed by atoms with Crippen LogP contribution in [-0.2, 0) is 17.7 Å². The SMILES string of the molecule is COC(=O)N(Cc1ccnc(C(=O)CC2CC2)c1)c1c(N)nc(-n2nc(Cc3ccccc3F)c3ncc(F)cc32)nc1N. The van der Waals surface area contributed by atoms with Gasteiger partial charge in [-0.3, -0.25) is 14.7 Å². The average molecular weight is 600 g/mol. The van der Waals surface area contributed by atoms with Crippen LogP contribution in [0.1, 0.15) is 46.6 Å². The second kappa shape index (κ2) is 11.6. The third-order valence-electron chi connectivity index (χ3n) is 7.27. The van der Waals surface area contributed by atoms with Gasteiger partial charge in [0.1, 0.15) is 28.5 Å². The molecule has 4 aromatic heterocycles. The topological polar surface area (TPSA) is 168 Å². The van der Waals surface area contributed by atoms with E-state index in [2.05, 4.69) is 25.0 Å². The van der Waals surface area contributed by atoms with Gasteiger partial charge < -0.3 is 16.2 Å². The fourth-order valence-electron chi connectivity index (χ4n) is 4.92. The summed E-state index contributed by atoms with van der Waals surface area (Å²) in [4.78, 5) is 43.7. The molecule has 44 heavy (non-hydrogen) atoms. The largest absolute Gasteiger partial charge is 0.452 e. The third-order valence-corrected chi connectivity index (χ3v) is 7.27. The molecule has 1 fully saturated rings. The Morgan fingerprint density at radius 1 is 1.07 bits per heavy atom. The van der Waals surface area contributed by atoms with E-state index < -0.39 is 17.7 Å². The molecule has 0 saturated heterocycles. The molecular weight excluding hydrogens is 572 g/mol. The molecule has 0 spiro atoms. The highest BCUT2D eigenvalue weighted by Gasteiger charge is 2.28. The lowest BCUT2D eigenvalue weighted by Crippen LogP contribution is -2.32. The summed E-state index contributed by atoms with van der Waals surface area (Å²) in [5.41, 5.74) is 14.7. The molecule has 1 aliphatic rings. The van der Waals surface area contributed by atoms with E-state index in [9.17, 15) is 18.4 Å². The first kappa shape index (κ1) is 28.6. The highest BCUT2D eigenvalue weighted by Crippen LogP contribution is 2.34. The van der Waals surface area contributed by atoms with Crippen molar-refractivity contribution in [3.63, 3.8) is 0 Å². The number of nitrogen functional groups attached to an aromatic ring is 2. The zero-order valence-corrected chi connectivity index (χ0v) is 23.6. The Kier molecular flexibility index (Phi) is 7.55. The number of hydrogen-bond acceptors (Lipinski definition) is 10. The van der Waals surface area contributed by atoms with Gasteiger partial charge in [-0.15, -0.1) is 0 Å². The molecule has 1 saturated carbocycles. The van der Waals surface area contributed by atoms with Crippen molar-refractivity contribution in [2.75, 3.05) is 23.5 Å². The van der Waals surface area contributed by atoms with Crippen LogP contribution < -0.4 is 16.4 Å². The number of amides is 1. The van der Waals surface area contributed by atoms with Crippen LogP contribution in [-0.4, -0.2) is 48.7 Å². The fraction of sp³-hybridized carbons (Fsp3) is 0.233. The van der Waals surface area contributed by atoms with Crippen molar-refractivity contribution in [2.45, 2.75) is 32.2 Å². The molecular formula is C30H27F2N9O3. The van der Waals surface area contributed by atoms with Crippen LogP contribution >= 0.6 is 0 Å². The van der Waals surface area contributed by atoms with E-state index in [0.29, 0.717) is 40.4 Å². The van der Waals surface area contributed by atoms with Crippen LogP contribution in [0.2, 0.25) is 0 Å². The van der Waals surface area contributed by atoms with Gasteiger partial charge in [0.15, 0.2) is 17.4 Å². The Morgan fingerprint density at radius 3 is 2.52 bits per heavy atom. The van der Waals surface area contributed by atoms with E-state index in [-0.39, 0.29) is 47.5 Å². The van der Waals surface area contributed by atoms with Crippen LogP contribution in [0.15, 0.2) is 54.9 Å². The van der Waals surface area contributed by atoms with Gasteiger partial charge in [-0.2, -0.15) is 19.7 Å². The van der Waals surface area contributed by atoms with Gasteiger partial charge in [0.2, 0.25) is 0 Å². The number of halogens is 2. The Morgan fingerprint density at radius 2 is 1.82 bits per heavy atom. The Balaban J connectivity index is 1.36. The van der Waals surface area contributed by atoms with Crippen molar-refractivity contribution in [2.24, 2.45) is 5.92 Å². The summed E-state index contributed by atoms with van der Waals surface area (Å²) in [5.74, 6) is -1.26. The number of anilines is 3. The minimum Gasteiger partial charge on any atom is -0.452 e. The number of ketones is 1. The number of methoxy groups -OCH3 is 1. The van der Waals surface area contributed by atoms with E-state index in [4.69, 9.17) is 16.2 Å². The van der Waals surface area contributed by atoms with Gasteiger partial charge in [0, 0.05) is 25.1 Å². The number of hydrogen-bond donors (Lipinski definition) is 2. The van der Waals surface area contributed by atoms with Gasteiger partial charge in [-0.05, 0) is 48.1 Å². The number of fused-ring (bicyclic) bond motifs is 1. The van der Waals surface area contributed by atoms with Crippen LogP contribution in [0.3, 0.4) is 0 Å².